The van der Waals surface area contributed by atoms with Crippen LogP contribution in [0.4, 0.5) is 0 Å². The number of carbonyl (C=O) groups excluding carboxylic acids is 1. The zero-order valence-corrected chi connectivity index (χ0v) is 13.2. The van der Waals surface area contributed by atoms with E-state index in [-0.39, 0.29) is 17.6 Å². The number of carbonyl (C=O) groups is 1. The van der Waals surface area contributed by atoms with Gasteiger partial charge in [0.25, 0.3) is 11.5 Å². The van der Waals surface area contributed by atoms with Crippen molar-refractivity contribution in [1.29, 1.82) is 0 Å². The molecule has 1 saturated heterocycles. The van der Waals surface area contributed by atoms with E-state index in [4.69, 9.17) is 4.74 Å². The molecule has 6 heteroatoms. The van der Waals surface area contributed by atoms with E-state index < -0.39 is 0 Å². The van der Waals surface area contributed by atoms with Gasteiger partial charge in [0.05, 0.1) is 18.8 Å². The summed E-state index contributed by atoms with van der Waals surface area (Å²) in [6.07, 6.45) is 3.16. The van der Waals surface area contributed by atoms with Crippen molar-refractivity contribution in [3.63, 3.8) is 0 Å². The molecule has 0 N–H and O–H groups in total. The summed E-state index contributed by atoms with van der Waals surface area (Å²) in [5.41, 5.74) is 2.11. The van der Waals surface area contributed by atoms with E-state index in [1.165, 1.54) is 10.6 Å². The summed E-state index contributed by atoms with van der Waals surface area (Å²) in [6, 6.07) is 6.94. The first kappa shape index (κ1) is 15.4. The number of morpholine rings is 1. The fourth-order valence-corrected chi connectivity index (χ4v) is 2.55. The van der Waals surface area contributed by atoms with E-state index >= 15 is 0 Å². The van der Waals surface area contributed by atoms with Crippen LogP contribution in [0.15, 0.2) is 41.5 Å². The first-order chi connectivity index (χ1) is 11.0. The standard InChI is InChI=1S/C17H19N3O3/c1-12-3-4-14(18-10-12)15-11-20(7-8-23-15)17(22)13-5-6-19(2)16(21)9-13/h3-6,9-10,15H,7-8,11H2,1-2H3/t15-/m0/s1. The summed E-state index contributed by atoms with van der Waals surface area (Å²) in [5.74, 6) is -0.150. The largest absolute Gasteiger partial charge is 0.368 e. The van der Waals surface area contributed by atoms with Gasteiger partial charge < -0.3 is 14.2 Å². The predicted molar refractivity (Wildman–Crippen MR) is 85.3 cm³/mol. The fraction of sp³-hybridized carbons (Fsp3) is 0.353. The minimum absolute atomic E-state index is 0.150. The molecule has 3 heterocycles. The van der Waals surface area contributed by atoms with Crippen LogP contribution < -0.4 is 5.56 Å². The number of aryl methyl sites for hydroxylation is 2. The van der Waals surface area contributed by atoms with E-state index in [2.05, 4.69) is 4.98 Å². The van der Waals surface area contributed by atoms with Gasteiger partial charge in [-0.2, -0.15) is 0 Å². The average molecular weight is 313 g/mol. The van der Waals surface area contributed by atoms with Crippen molar-refractivity contribution in [2.75, 3.05) is 19.7 Å². The van der Waals surface area contributed by atoms with Gasteiger partial charge >= 0.3 is 0 Å². The average Bonchev–Trinajstić information content (AvgIpc) is 2.57. The van der Waals surface area contributed by atoms with Crippen molar-refractivity contribution >= 4 is 5.91 Å². The number of amides is 1. The Bertz CT molecular complexity index is 767. The maximum Gasteiger partial charge on any atom is 0.254 e. The van der Waals surface area contributed by atoms with E-state index in [1.54, 1.807) is 30.4 Å². The highest BCUT2D eigenvalue weighted by Crippen LogP contribution is 2.21. The van der Waals surface area contributed by atoms with Gasteiger partial charge in [-0.3, -0.25) is 14.6 Å². The van der Waals surface area contributed by atoms with Crippen LogP contribution in [0.25, 0.3) is 0 Å². The summed E-state index contributed by atoms with van der Waals surface area (Å²) < 4.78 is 7.18. The van der Waals surface area contributed by atoms with Gasteiger partial charge in [0.2, 0.25) is 0 Å². The van der Waals surface area contributed by atoms with Crippen LogP contribution in [0.1, 0.15) is 27.7 Å². The third-order valence-electron chi connectivity index (χ3n) is 3.97. The van der Waals surface area contributed by atoms with Crippen LogP contribution in [-0.2, 0) is 11.8 Å². The smallest absolute Gasteiger partial charge is 0.254 e. The number of rotatable bonds is 2. The van der Waals surface area contributed by atoms with E-state index in [1.807, 2.05) is 19.1 Å². The number of aromatic nitrogens is 2. The number of ether oxygens (including phenoxy) is 1. The van der Waals surface area contributed by atoms with Crippen LogP contribution in [-0.4, -0.2) is 40.1 Å². The molecule has 6 nitrogen and oxygen atoms in total. The molecule has 1 fully saturated rings. The van der Waals surface area contributed by atoms with Gasteiger partial charge in [-0.05, 0) is 24.6 Å². The minimum atomic E-state index is -0.236. The maximum absolute atomic E-state index is 12.6. The second kappa shape index (κ2) is 6.34. The number of hydrogen-bond acceptors (Lipinski definition) is 4. The molecule has 0 saturated carbocycles. The molecule has 1 atom stereocenters. The van der Waals surface area contributed by atoms with E-state index in [0.717, 1.165) is 11.3 Å². The summed E-state index contributed by atoms with van der Waals surface area (Å²) >= 11 is 0. The van der Waals surface area contributed by atoms with Gasteiger partial charge in [-0.25, -0.2) is 0 Å². The molecule has 0 unspecified atom stereocenters. The lowest BCUT2D eigenvalue weighted by molar-refractivity contribution is -0.0247. The normalized spacial score (nSPS) is 18.0. The van der Waals surface area contributed by atoms with Gasteiger partial charge in [-0.15, -0.1) is 0 Å². The fourth-order valence-electron chi connectivity index (χ4n) is 2.55. The molecule has 0 spiro atoms. The topological polar surface area (TPSA) is 64.4 Å². The van der Waals surface area contributed by atoms with E-state index in [9.17, 15) is 9.59 Å². The molecule has 0 aromatic carbocycles. The minimum Gasteiger partial charge on any atom is -0.368 e. The van der Waals surface area contributed by atoms with Crippen molar-refractivity contribution in [3.8, 4) is 0 Å². The monoisotopic (exact) mass is 313 g/mol. The molecule has 3 rings (SSSR count). The van der Waals surface area contributed by atoms with Crippen molar-refractivity contribution in [1.82, 2.24) is 14.5 Å². The zero-order valence-electron chi connectivity index (χ0n) is 13.2. The predicted octanol–water partition coefficient (Wildman–Crippen LogP) is 1.30. The number of hydrogen-bond donors (Lipinski definition) is 0. The molecule has 0 radical (unpaired) electrons. The van der Waals surface area contributed by atoms with Crippen LogP contribution in [0.5, 0.6) is 0 Å². The number of pyridine rings is 2. The Kier molecular flexibility index (Phi) is 4.25. The molecule has 2 aromatic rings. The summed E-state index contributed by atoms with van der Waals surface area (Å²) in [7, 11) is 1.66. The molecule has 1 amide bonds. The van der Waals surface area contributed by atoms with Crippen molar-refractivity contribution in [3.05, 3.63) is 63.8 Å². The lowest BCUT2D eigenvalue weighted by Crippen LogP contribution is -2.42. The molecular weight excluding hydrogens is 294 g/mol. The molecule has 1 aliphatic rings. The lowest BCUT2D eigenvalue weighted by Gasteiger charge is -2.32. The van der Waals surface area contributed by atoms with Crippen molar-refractivity contribution in [2.45, 2.75) is 13.0 Å². The Morgan fingerprint density at radius 1 is 1.35 bits per heavy atom. The van der Waals surface area contributed by atoms with Gasteiger partial charge in [0, 0.05) is 37.6 Å². The summed E-state index contributed by atoms with van der Waals surface area (Å²) in [4.78, 5) is 30.4. The molecule has 23 heavy (non-hydrogen) atoms. The quantitative estimate of drug-likeness (QED) is 0.838. The second-order valence-electron chi connectivity index (χ2n) is 5.74. The van der Waals surface area contributed by atoms with Crippen LogP contribution in [0.3, 0.4) is 0 Å². The highest BCUT2D eigenvalue weighted by Gasteiger charge is 2.27. The third-order valence-corrected chi connectivity index (χ3v) is 3.97. The first-order valence-corrected chi connectivity index (χ1v) is 7.55. The highest BCUT2D eigenvalue weighted by atomic mass is 16.5. The zero-order chi connectivity index (χ0) is 16.4. The van der Waals surface area contributed by atoms with Gasteiger partial charge in [0.1, 0.15) is 6.10 Å². The summed E-state index contributed by atoms with van der Waals surface area (Å²) in [6.45, 7) is 3.38. The molecule has 0 aliphatic carbocycles. The SMILES string of the molecule is Cc1ccc([C@@H]2CN(C(=O)c3ccn(C)c(=O)c3)CCO2)nc1. The number of nitrogens with zero attached hydrogens (tertiary/aromatic N) is 3. The van der Waals surface area contributed by atoms with E-state index in [0.29, 0.717) is 25.3 Å². The molecular formula is C17H19N3O3. The van der Waals surface area contributed by atoms with Crippen LogP contribution in [0.2, 0.25) is 0 Å². The Morgan fingerprint density at radius 2 is 2.17 bits per heavy atom. The molecule has 0 bridgehead atoms. The third kappa shape index (κ3) is 3.32. The maximum atomic E-state index is 12.6. The molecule has 1 aliphatic heterocycles. The van der Waals surface area contributed by atoms with Gasteiger partial charge in [0.15, 0.2) is 0 Å². The van der Waals surface area contributed by atoms with Gasteiger partial charge in [-0.1, -0.05) is 6.07 Å². The van der Waals surface area contributed by atoms with Crippen molar-refractivity contribution < 1.29 is 9.53 Å². The van der Waals surface area contributed by atoms with Crippen LogP contribution >= 0.6 is 0 Å². The Balaban J connectivity index is 1.77. The Morgan fingerprint density at radius 3 is 2.87 bits per heavy atom. The van der Waals surface area contributed by atoms with Crippen LogP contribution in [0, 0.1) is 6.92 Å². The Labute approximate surface area is 134 Å². The van der Waals surface area contributed by atoms with Crippen molar-refractivity contribution in [2.24, 2.45) is 7.05 Å². The summed E-state index contributed by atoms with van der Waals surface area (Å²) in [5, 5.41) is 0. The molecule has 2 aromatic heterocycles. The molecule has 120 valence electrons. The second-order valence-corrected chi connectivity index (χ2v) is 5.74. The first-order valence-electron chi connectivity index (χ1n) is 7.55. The Hall–Kier alpha value is -2.47. The highest BCUT2D eigenvalue weighted by molar-refractivity contribution is 5.94. The lowest BCUT2D eigenvalue weighted by atomic mass is 10.1.